The van der Waals surface area contributed by atoms with Gasteiger partial charge in [-0.05, 0) is 12.1 Å². The van der Waals surface area contributed by atoms with E-state index in [9.17, 15) is 9.59 Å². The van der Waals surface area contributed by atoms with Crippen molar-refractivity contribution in [1.82, 2.24) is 15.2 Å². The van der Waals surface area contributed by atoms with Crippen LogP contribution in [0.15, 0.2) is 59.8 Å². The summed E-state index contributed by atoms with van der Waals surface area (Å²) in [6.07, 6.45) is 0. The van der Waals surface area contributed by atoms with E-state index in [1.54, 1.807) is 24.3 Å². The molecule has 3 rings (SSSR count). The van der Waals surface area contributed by atoms with Gasteiger partial charge in [-0.2, -0.15) is 0 Å². The quantitative estimate of drug-likeness (QED) is 0.588. The first-order chi connectivity index (χ1) is 12.1. The summed E-state index contributed by atoms with van der Waals surface area (Å²) in [5.74, 6) is -0.114. The molecule has 0 fully saturated rings. The second-order valence-electron chi connectivity index (χ2n) is 5.08. The Bertz CT molecular complexity index is 895. The molecule has 2 amide bonds. The molecule has 0 aliphatic rings. The van der Waals surface area contributed by atoms with Crippen LogP contribution in [0.5, 0.6) is 0 Å². The Hall–Kier alpha value is -3.13. The molecule has 0 atom stereocenters. The maximum Gasteiger partial charge on any atom is 0.250 e. The van der Waals surface area contributed by atoms with Crippen LogP contribution in [0.2, 0.25) is 0 Å². The van der Waals surface area contributed by atoms with Gasteiger partial charge in [0.2, 0.25) is 11.1 Å². The molecule has 7 nitrogen and oxygen atoms in total. The first kappa shape index (κ1) is 16.7. The fourth-order valence-corrected chi connectivity index (χ4v) is 2.76. The van der Waals surface area contributed by atoms with Crippen molar-refractivity contribution in [1.29, 1.82) is 0 Å². The Labute approximate surface area is 148 Å². The zero-order valence-electron chi connectivity index (χ0n) is 13.1. The average Bonchev–Trinajstić information content (AvgIpc) is 3.10. The Morgan fingerprint density at radius 1 is 1.08 bits per heavy atom. The molecule has 1 heterocycles. The van der Waals surface area contributed by atoms with E-state index in [0.29, 0.717) is 16.7 Å². The molecule has 25 heavy (non-hydrogen) atoms. The third kappa shape index (κ3) is 4.24. The van der Waals surface area contributed by atoms with E-state index < -0.39 is 5.91 Å². The molecular weight excluding hydrogens is 338 g/mol. The maximum atomic E-state index is 12.1. The lowest BCUT2D eigenvalue weighted by Gasteiger charge is -2.07. The van der Waals surface area contributed by atoms with Crippen molar-refractivity contribution in [3.63, 3.8) is 0 Å². The predicted molar refractivity (Wildman–Crippen MR) is 96.1 cm³/mol. The monoisotopic (exact) mass is 353 g/mol. The fourth-order valence-electron chi connectivity index (χ4n) is 2.16. The first-order valence-electron chi connectivity index (χ1n) is 7.43. The molecule has 0 saturated heterocycles. The number of primary amides is 1. The highest BCUT2D eigenvalue weighted by molar-refractivity contribution is 7.99. The summed E-state index contributed by atoms with van der Waals surface area (Å²) in [7, 11) is 0. The van der Waals surface area contributed by atoms with Crippen molar-refractivity contribution in [2.75, 3.05) is 11.1 Å². The number of hydrogen-bond donors (Lipinski definition) is 3. The predicted octanol–water partition coefficient (Wildman–Crippen LogP) is 2.30. The van der Waals surface area contributed by atoms with Crippen molar-refractivity contribution < 1.29 is 9.59 Å². The minimum atomic E-state index is -0.593. The lowest BCUT2D eigenvalue weighted by atomic mass is 10.1. The largest absolute Gasteiger partial charge is 0.366 e. The summed E-state index contributed by atoms with van der Waals surface area (Å²) < 4.78 is 0. The van der Waals surface area contributed by atoms with Crippen LogP contribution >= 0.6 is 11.8 Å². The standard InChI is InChI=1S/C17H15N5O2S/c18-15(24)12-8-4-5-9-13(12)19-14(23)10-25-17-20-16(21-22-17)11-6-2-1-3-7-11/h1-9H,10H2,(H2,18,24)(H,19,23)(H,20,21,22). The summed E-state index contributed by atoms with van der Waals surface area (Å²) >= 11 is 1.20. The van der Waals surface area contributed by atoms with Crippen LogP contribution in [0.3, 0.4) is 0 Å². The molecule has 126 valence electrons. The number of thioether (sulfide) groups is 1. The second-order valence-corrected chi connectivity index (χ2v) is 6.02. The number of amides is 2. The van der Waals surface area contributed by atoms with Crippen LogP contribution in [0.4, 0.5) is 5.69 Å². The number of aromatic nitrogens is 3. The van der Waals surface area contributed by atoms with E-state index in [2.05, 4.69) is 20.5 Å². The second kappa shape index (κ2) is 7.63. The smallest absolute Gasteiger partial charge is 0.250 e. The summed E-state index contributed by atoms with van der Waals surface area (Å²) in [5.41, 5.74) is 6.87. The van der Waals surface area contributed by atoms with Gasteiger partial charge >= 0.3 is 0 Å². The SMILES string of the molecule is NC(=O)c1ccccc1NC(=O)CSc1n[nH]c(-c2ccccc2)n1. The molecular formula is C17H15N5O2S. The van der Waals surface area contributed by atoms with Gasteiger partial charge in [0.15, 0.2) is 5.82 Å². The minimum absolute atomic E-state index is 0.110. The average molecular weight is 353 g/mol. The molecule has 8 heteroatoms. The summed E-state index contributed by atoms with van der Waals surface area (Å²) in [6, 6.07) is 16.2. The number of nitrogens with one attached hydrogen (secondary N) is 2. The number of rotatable bonds is 6. The highest BCUT2D eigenvalue weighted by Crippen LogP contribution is 2.20. The van der Waals surface area contributed by atoms with Gasteiger partial charge in [-0.3, -0.25) is 14.7 Å². The van der Waals surface area contributed by atoms with Gasteiger partial charge in [0, 0.05) is 5.56 Å². The van der Waals surface area contributed by atoms with Crippen molar-refractivity contribution in [3.05, 3.63) is 60.2 Å². The van der Waals surface area contributed by atoms with E-state index in [1.165, 1.54) is 11.8 Å². The number of carbonyl (C=O) groups excluding carboxylic acids is 2. The highest BCUT2D eigenvalue weighted by atomic mass is 32.2. The topological polar surface area (TPSA) is 114 Å². The number of para-hydroxylation sites is 1. The third-order valence-corrected chi connectivity index (χ3v) is 4.16. The number of aromatic amines is 1. The van der Waals surface area contributed by atoms with E-state index in [-0.39, 0.29) is 17.2 Å². The van der Waals surface area contributed by atoms with Crippen LogP contribution in [0, 0.1) is 0 Å². The number of nitrogens with two attached hydrogens (primary N) is 1. The molecule has 0 unspecified atom stereocenters. The van der Waals surface area contributed by atoms with Gasteiger partial charge in [0.1, 0.15) is 0 Å². The van der Waals surface area contributed by atoms with Crippen molar-refractivity contribution in [3.8, 4) is 11.4 Å². The number of benzene rings is 2. The molecule has 0 aliphatic heterocycles. The summed E-state index contributed by atoms with van der Waals surface area (Å²) in [6.45, 7) is 0. The van der Waals surface area contributed by atoms with E-state index >= 15 is 0 Å². The number of hydrogen-bond acceptors (Lipinski definition) is 5. The lowest BCUT2D eigenvalue weighted by Crippen LogP contribution is -2.19. The van der Waals surface area contributed by atoms with E-state index in [0.717, 1.165) is 5.56 Å². The Balaban J connectivity index is 1.60. The summed E-state index contributed by atoms with van der Waals surface area (Å²) in [4.78, 5) is 27.8. The maximum absolute atomic E-state index is 12.1. The van der Waals surface area contributed by atoms with Crippen LogP contribution in [-0.4, -0.2) is 32.7 Å². The molecule has 4 N–H and O–H groups in total. The van der Waals surface area contributed by atoms with Gasteiger partial charge in [-0.15, -0.1) is 5.10 Å². The number of carbonyl (C=O) groups is 2. The van der Waals surface area contributed by atoms with Crippen LogP contribution in [0.1, 0.15) is 10.4 Å². The molecule has 0 spiro atoms. The molecule has 2 aromatic carbocycles. The first-order valence-corrected chi connectivity index (χ1v) is 8.41. The zero-order chi connectivity index (χ0) is 17.6. The molecule has 0 bridgehead atoms. The van der Waals surface area contributed by atoms with Crippen LogP contribution in [0.25, 0.3) is 11.4 Å². The lowest BCUT2D eigenvalue weighted by molar-refractivity contribution is -0.113. The highest BCUT2D eigenvalue weighted by Gasteiger charge is 2.12. The summed E-state index contributed by atoms with van der Waals surface area (Å²) in [5, 5.41) is 10.1. The molecule has 1 aromatic heterocycles. The zero-order valence-corrected chi connectivity index (χ0v) is 13.9. The third-order valence-electron chi connectivity index (χ3n) is 3.31. The number of H-pyrrole nitrogens is 1. The van der Waals surface area contributed by atoms with Gasteiger partial charge in [0.25, 0.3) is 5.91 Å². The molecule has 3 aromatic rings. The normalized spacial score (nSPS) is 10.4. The van der Waals surface area contributed by atoms with Crippen LogP contribution < -0.4 is 11.1 Å². The molecule has 0 aliphatic carbocycles. The van der Waals surface area contributed by atoms with E-state index in [4.69, 9.17) is 5.73 Å². The van der Waals surface area contributed by atoms with E-state index in [1.807, 2.05) is 30.3 Å². The van der Waals surface area contributed by atoms with Crippen molar-refractivity contribution in [2.45, 2.75) is 5.16 Å². The number of nitrogens with zero attached hydrogens (tertiary/aromatic N) is 2. The van der Waals surface area contributed by atoms with Crippen molar-refractivity contribution in [2.24, 2.45) is 5.73 Å². The Kier molecular flexibility index (Phi) is 5.10. The Morgan fingerprint density at radius 3 is 2.56 bits per heavy atom. The molecule has 0 radical (unpaired) electrons. The van der Waals surface area contributed by atoms with Gasteiger partial charge in [0.05, 0.1) is 17.0 Å². The van der Waals surface area contributed by atoms with Crippen LogP contribution in [-0.2, 0) is 4.79 Å². The Morgan fingerprint density at radius 2 is 1.80 bits per heavy atom. The van der Waals surface area contributed by atoms with Gasteiger partial charge in [-0.1, -0.05) is 54.2 Å². The van der Waals surface area contributed by atoms with Crippen molar-refractivity contribution >= 4 is 29.3 Å². The van der Waals surface area contributed by atoms with Gasteiger partial charge < -0.3 is 11.1 Å². The number of anilines is 1. The molecule has 0 saturated carbocycles. The fraction of sp³-hybridized carbons (Fsp3) is 0.0588. The minimum Gasteiger partial charge on any atom is -0.366 e. The van der Waals surface area contributed by atoms with Gasteiger partial charge in [-0.25, -0.2) is 4.98 Å².